The Hall–Kier alpha value is -0.780. The maximum atomic E-state index is 2.42. The van der Waals surface area contributed by atoms with E-state index in [0.29, 0.717) is 5.41 Å². The number of hydrogen-bond donors (Lipinski definition) is 0. The lowest BCUT2D eigenvalue weighted by Crippen LogP contribution is -2.25. The van der Waals surface area contributed by atoms with Gasteiger partial charge in [0.05, 0.1) is 0 Å². The van der Waals surface area contributed by atoms with E-state index < -0.39 is 0 Å². The molecule has 0 amide bonds. The van der Waals surface area contributed by atoms with E-state index in [9.17, 15) is 0 Å². The summed E-state index contributed by atoms with van der Waals surface area (Å²) in [5.74, 6) is 0. The van der Waals surface area contributed by atoms with E-state index in [2.05, 4.69) is 52.8 Å². The molecule has 0 N–H and O–H groups in total. The topological polar surface area (TPSA) is 0 Å². The Morgan fingerprint density at radius 3 is 1.88 bits per heavy atom. The van der Waals surface area contributed by atoms with Crippen LogP contribution in [-0.2, 0) is 5.41 Å². The molecular formula is C17H28. The SMILES string of the molecule is CCCC(CC)(CCC)c1ccc(C)c(C)c1. The van der Waals surface area contributed by atoms with Crippen molar-refractivity contribution in [3.05, 3.63) is 34.9 Å². The lowest BCUT2D eigenvalue weighted by molar-refractivity contribution is 0.343. The van der Waals surface area contributed by atoms with Gasteiger partial charge in [0.2, 0.25) is 0 Å². The van der Waals surface area contributed by atoms with Crippen molar-refractivity contribution in [2.24, 2.45) is 0 Å². The van der Waals surface area contributed by atoms with E-state index in [4.69, 9.17) is 0 Å². The van der Waals surface area contributed by atoms with Gasteiger partial charge in [0.1, 0.15) is 0 Å². The van der Waals surface area contributed by atoms with Gasteiger partial charge >= 0.3 is 0 Å². The molecule has 0 heteroatoms. The van der Waals surface area contributed by atoms with Crippen molar-refractivity contribution >= 4 is 0 Å². The Morgan fingerprint density at radius 2 is 1.47 bits per heavy atom. The lowest BCUT2D eigenvalue weighted by atomic mass is 9.71. The van der Waals surface area contributed by atoms with Gasteiger partial charge in [0.25, 0.3) is 0 Å². The number of aryl methyl sites for hydroxylation is 2. The molecule has 0 aromatic heterocycles. The maximum Gasteiger partial charge on any atom is -0.00497 e. The second-order valence-corrected chi connectivity index (χ2v) is 5.43. The maximum absolute atomic E-state index is 2.42. The third kappa shape index (κ3) is 3.12. The molecule has 1 aromatic rings. The van der Waals surface area contributed by atoms with Crippen molar-refractivity contribution in [2.45, 2.75) is 72.1 Å². The summed E-state index contributed by atoms with van der Waals surface area (Å²) < 4.78 is 0. The minimum Gasteiger partial charge on any atom is -0.0654 e. The van der Waals surface area contributed by atoms with E-state index >= 15 is 0 Å². The lowest BCUT2D eigenvalue weighted by Gasteiger charge is -2.34. The fourth-order valence-electron chi connectivity index (χ4n) is 3.00. The smallest absolute Gasteiger partial charge is 0.00497 e. The summed E-state index contributed by atoms with van der Waals surface area (Å²) in [4.78, 5) is 0. The first-order valence-electron chi connectivity index (χ1n) is 7.17. The zero-order valence-corrected chi connectivity index (χ0v) is 12.3. The van der Waals surface area contributed by atoms with Crippen molar-refractivity contribution in [2.75, 3.05) is 0 Å². The Bertz CT molecular complexity index is 343. The van der Waals surface area contributed by atoms with Crippen LogP contribution < -0.4 is 0 Å². The summed E-state index contributed by atoms with van der Waals surface area (Å²) in [7, 11) is 0. The van der Waals surface area contributed by atoms with Gasteiger partial charge in [-0.15, -0.1) is 0 Å². The second kappa shape index (κ2) is 6.23. The van der Waals surface area contributed by atoms with Gasteiger partial charge < -0.3 is 0 Å². The minimum absolute atomic E-state index is 0.419. The molecule has 0 aliphatic heterocycles. The highest BCUT2D eigenvalue weighted by Crippen LogP contribution is 2.38. The van der Waals surface area contributed by atoms with E-state index in [1.807, 2.05) is 0 Å². The van der Waals surface area contributed by atoms with Gasteiger partial charge in [0, 0.05) is 0 Å². The van der Waals surface area contributed by atoms with Crippen molar-refractivity contribution < 1.29 is 0 Å². The van der Waals surface area contributed by atoms with Gasteiger partial charge in [-0.25, -0.2) is 0 Å². The molecule has 0 heterocycles. The van der Waals surface area contributed by atoms with Crippen LogP contribution in [0.4, 0.5) is 0 Å². The van der Waals surface area contributed by atoms with Crippen LogP contribution in [0.2, 0.25) is 0 Å². The third-order valence-electron chi connectivity index (χ3n) is 4.25. The van der Waals surface area contributed by atoms with Gasteiger partial charge in [-0.3, -0.25) is 0 Å². The van der Waals surface area contributed by atoms with Crippen LogP contribution in [0, 0.1) is 13.8 Å². The summed E-state index contributed by atoms with van der Waals surface area (Å²) in [5.41, 5.74) is 4.83. The second-order valence-electron chi connectivity index (χ2n) is 5.43. The predicted octanol–water partition coefficient (Wildman–Crippen LogP) is 5.55. The largest absolute Gasteiger partial charge is 0.0654 e. The van der Waals surface area contributed by atoms with Crippen molar-refractivity contribution in [3.63, 3.8) is 0 Å². The highest BCUT2D eigenvalue weighted by molar-refractivity contribution is 5.34. The molecule has 0 fully saturated rings. The highest BCUT2D eigenvalue weighted by atomic mass is 14.3. The number of rotatable bonds is 6. The fraction of sp³-hybridized carbons (Fsp3) is 0.647. The van der Waals surface area contributed by atoms with Crippen molar-refractivity contribution in [1.82, 2.24) is 0 Å². The van der Waals surface area contributed by atoms with Crippen molar-refractivity contribution in [3.8, 4) is 0 Å². The first-order chi connectivity index (χ1) is 8.09. The van der Waals surface area contributed by atoms with Crippen molar-refractivity contribution in [1.29, 1.82) is 0 Å². The Balaban J connectivity index is 3.14. The molecule has 0 atom stereocenters. The fourth-order valence-corrected chi connectivity index (χ4v) is 3.00. The van der Waals surface area contributed by atoms with Crippen LogP contribution in [0.3, 0.4) is 0 Å². The molecule has 0 aliphatic rings. The molecule has 1 rings (SSSR count). The van der Waals surface area contributed by atoms with Gasteiger partial charge in [0.15, 0.2) is 0 Å². The Morgan fingerprint density at radius 1 is 0.882 bits per heavy atom. The Labute approximate surface area is 107 Å². The van der Waals surface area contributed by atoms with Gasteiger partial charge in [-0.2, -0.15) is 0 Å². The predicted molar refractivity (Wildman–Crippen MR) is 77.7 cm³/mol. The standard InChI is InChI=1S/C17H28/c1-6-11-17(8-3,12-7-2)16-10-9-14(4)15(5)13-16/h9-10,13H,6-8,11-12H2,1-5H3. The van der Waals surface area contributed by atoms with E-state index in [-0.39, 0.29) is 0 Å². The molecule has 0 spiro atoms. The molecule has 17 heavy (non-hydrogen) atoms. The van der Waals surface area contributed by atoms with E-state index in [1.165, 1.54) is 43.2 Å². The highest BCUT2D eigenvalue weighted by Gasteiger charge is 2.28. The third-order valence-corrected chi connectivity index (χ3v) is 4.25. The normalized spacial score (nSPS) is 11.8. The average molecular weight is 232 g/mol. The number of benzene rings is 1. The summed E-state index contributed by atoms with van der Waals surface area (Å²) in [6.07, 6.45) is 6.46. The quantitative estimate of drug-likeness (QED) is 0.603. The van der Waals surface area contributed by atoms with Crippen LogP contribution >= 0.6 is 0 Å². The molecule has 0 saturated heterocycles. The van der Waals surface area contributed by atoms with Gasteiger partial charge in [-0.1, -0.05) is 51.8 Å². The minimum atomic E-state index is 0.419. The molecular weight excluding hydrogens is 204 g/mol. The van der Waals surface area contributed by atoms with Crippen LogP contribution in [0.25, 0.3) is 0 Å². The Kier molecular flexibility index (Phi) is 5.24. The zero-order chi connectivity index (χ0) is 12.9. The van der Waals surface area contributed by atoms with E-state index in [1.54, 1.807) is 5.56 Å². The van der Waals surface area contributed by atoms with Gasteiger partial charge in [-0.05, 0) is 55.2 Å². The van der Waals surface area contributed by atoms with Crippen LogP contribution in [0.15, 0.2) is 18.2 Å². The van der Waals surface area contributed by atoms with Crippen LogP contribution in [-0.4, -0.2) is 0 Å². The zero-order valence-electron chi connectivity index (χ0n) is 12.3. The number of hydrogen-bond acceptors (Lipinski definition) is 0. The summed E-state index contributed by atoms with van der Waals surface area (Å²) in [5, 5.41) is 0. The van der Waals surface area contributed by atoms with Crippen LogP contribution in [0.5, 0.6) is 0 Å². The molecule has 0 aliphatic carbocycles. The molecule has 96 valence electrons. The molecule has 0 radical (unpaired) electrons. The molecule has 0 nitrogen and oxygen atoms in total. The summed E-state index contributed by atoms with van der Waals surface area (Å²) in [6, 6.07) is 7.07. The average Bonchev–Trinajstić information content (AvgIpc) is 2.32. The molecule has 0 saturated carbocycles. The molecule has 1 aromatic carbocycles. The van der Waals surface area contributed by atoms with Crippen LogP contribution in [0.1, 0.15) is 69.6 Å². The monoisotopic (exact) mass is 232 g/mol. The first-order valence-corrected chi connectivity index (χ1v) is 7.17. The first kappa shape index (κ1) is 14.3. The summed E-state index contributed by atoms with van der Waals surface area (Å²) in [6.45, 7) is 11.4. The summed E-state index contributed by atoms with van der Waals surface area (Å²) >= 11 is 0. The molecule has 0 unspecified atom stereocenters. The van der Waals surface area contributed by atoms with E-state index in [0.717, 1.165) is 0 Å². The molecule has 0 bridgehead atoms.